The SMILES string of the molecule is Cc1cnc(CNc2ccc(F)cc2N)cn1. The molecule has 2 aromatic rings. The van der Waals surface area contributed by atoms with Crippen molar-refractivity contribution in [3.63, 3.8) is 0 Å². The monoisotopic (exact) mass is 232 g/mol. The van der Waals surface area contributed by atoms with Crippen LogP contribution in [0.15, 0.2) is 30.6 Å². The number of aromatic nitrogens is 2. The Morgan fingerprint density at radius 1 is 1.29 bits per heavy atom. The first-order chi connectivity index (χ1) is 8.15. The van der Waals surface area contributed by atoms with E-state index in [0.717, 1.165) is 11.4 Å². The fraction of sp³-hybridized carbons (Fsp3) is 0.167. The van der Waals surface area contributed by atoms with Crippen molar-refractivity contribution in [2.45, 2.75) is 13.5 Å². The molecular weight excluding hydrogens is 219 g/mol. The number of nitrogens with two attached hydrogens (primary N) is 1. The molecule has 0 saturated carbocycles. The molecule has 5 heteroatoms. The second-order valence-electron chi connectivity index (χ2n) is 3.73. The van der Waals surface area contributed by atoms with Gasteiger partial charge in [0.2, 0.25) is 0 Å². The van der Waals surface area contributed by atoms with E-state index in [0.29, 0.717) is 17.9 Å². The van der Waals surface area contributed by atoms with Crippen LogP contribution in [0.4, 0.5) is 15.8 Å². The molecule has 3 N–H and O–H groups in total. The van der Waals surface area contributed by atoms with Gasteiger partial charge in [0.25, 0.3) is 0 Å². The van der Waals surface area contributed by atoms with Gasteiger partial charge in [0.15, 0.2) is 0 Å². The van der Waals surface area contributed by atoms with Gasteiger partial charge in [0, 0.05) is 6.20 Å². The Labute approximate surface area is 98.7 Å². The molecule has 88 valence electrons. The van der Waals surface area contributed by atoms with E-state index in [-0.39, 0.29) is 5.82 Å². The van der Waals surface area contributed by atoms with Gasteiger partial charge in [-0.05, 0) is 25.1 Å². The summed E-state index contributed by atoms with van der Waals surface area (Å²) in [5, 5.41) is 3.08. The molecular formula is C12H13FN4. The maximum Gasteiger partial charge on any atom is 0.125 e. The average molecular weight is 232 g/mol. The standard InChI is InChI=1S/C12H13FN4/c1-8-5-16-10(6-15-8)7-17-12-3-2-9(13)4-11(12)14/h2-6,17H,7,14H2,1H3. The fourth-order valence-electron chi connectivity index (χ4n) is 1.39. The molecule has 0 aliphatic carbocycles. The van der Waals surface area contributed by atoms with Crippen molar-refractivity contribution in [3.8, 4) is 0 Å². The summed E-state index contributed by atoms with van der Waals surface area (Å²) in [5.74, 6) is -0.344. The third-order valence-electron chi connectivity index (χ3n) is 2.31. The lowest BCUT2D eigenvalue weighted by atomic mass is 10.2. The molecule has 0 fully saturated rings. The van der Waals surface area contributed by atoms with Crippen molar-refractivity contribution < 1.29 is 4.39 Å². The van der Waals surface area contributed by atoms with Gasteiger partial charge in [-0.1, -0.05) is 0 Å². The van der Waals surface area contributed by atoms with Crippen LogP contribution < -0.4 is 11.1 Å². The molecule has 1 heterocycles. The Hall–Kier alpha value is -2.17. The van der Waals surface area contributed by atoms with Crippen molar-refractivity contribution in [3.05, 3.63) is 47.8 Å². The van der Waals surface area contributed by atoms with Gasteiger partial charge in [0.1, 0.15) is 5.82 Å². The minimum atomic E-state index is -0.344. The molecule has 0 radical (unpaired) electrons. The van der Waals surface area contributed by atoms with E-state index in [2.05, 4.69) is 15.3 Å². The minimum absolute atomic E-state index is 0.344. The Balaban J connectivity index is 2.04. The number of hydrogen-bond acceptors (Lipinski definition) is 4. The quantitative estimate of drug-likeness (QED) is 0.795. The second kappa shape index (κ2) is 4.78. The molecule has 0 spiro atoms. The van der Waals surface area contributed by atoms with Crippen LogP contribution in [-0.2, 0) is 6.54 Å². The Morgan fingerprint density at radius 3 is 2.76 bits per heavy atom. The second-order valence-corrected chi connectivity index (χ2v) is 3.73. The van der Waals surface area contributed by atoms with Crippen molar-refractivity contribution >= 4 is 11.4 Å². The third kappa shape index (κ3) is 2.90. The summed E-state index contributed by atoms with van der Waals surface area (Å²) in [5.41, 5.74) is 8.41. The van der Waals surface area contributed by atoms with Gasteiger partial charge in [-0.2, -0.15) is 0 Å². The highest BCUT2D eigenvalue weighted by atomic mass is 19.1. The van der Waals surface area contributed by atoms with E-state index in [1.54, 1.807) is 18.5 Å². The zero-order chi connectivity index (χ0) is 12.3. The van der Waals surface area contributed by atoms with Crippen molar-refractivity contribution in [2.75, 3.05) is 11.1 Å². The zero-order valence-corrected chi connectivity index (χ0v) is 9.44. The highest BCUT2D eigenvalue weighted by molar-refractivity contribution is 5.65. The van der Waals surface area contributed by atoms with E-state index < -0.39 is 0 Å². The van der Waals surface area contributed by atoms with E-state index in [1.165, 1.54) is 12.1 Å². The summed E-state index contributed by atoms with van der Waals surface area (Å²) >= 11 is 0. The topological polar surface area (TPSA) is 63.8 Å². The molecule has 17 heavy (non-hydrogen) atoms. The molecule has 0 atom stereocenters. The average Bonchev–Trinajstić information content (AvgIpc) is 2.30. The Bertz CT molecular complexity index is 510. The fourth-order valence-corrected chi connectivity index (χ4v) is 1.39. The Kier molecular flexibility index (Phi) is 3.18. The number of nitrogens with one attached hydrogen (secondary N) is 1. The molecule has 0 saturated heterocycles. The lowest BCUT2D eigenvalue weighted by molar-refractivity contribution is 0.628. The normalized spacial score (nSPS) is 10.2. The van der Waals surface area contributed by atoms with E-state index in [9.17, 15) is 4.39 Å². The Morgan fingerprint density at radius 2 is 2.12 bits per heavy atom. The van der Waals surface area contributed by atoms with Gasteiger partial charge in [-0.25, -0.2) is 4.39 Å². The van der Waals surface area contributed by atoms with Crippen LogP contribution in [0, 0.1) is 12.7 Å². The predicted molar refractivity (Wildman–Crippen MR) is 64.9 cm³/mol. The van der Waals surface area contributed by atoms with Crippen LogP contribution in [0.25, 0.3) is 0 Å². The summed E-state index contributed by atoms with van der Waals surface area (Å²) in [6.45, 7) is 2.38. The van der Waals surface area contributed by atoms with Crippen LogP contribution in [0.2, 0.25) is 0 Å². The van der Waals surface area contributed by atoms with Crippen molar-refractivity contribution in [1.29, 1.82) is 0 Å². The molecule has 0 unspecified atom stereocenters. The molecule has 4 nitrogen and oxygen atoms in total. The van der Waals surface area contributed by atoms with Crippen molar-refractivity contribution in [2.24, 2.45) is 0 Å². The number of benzene rings is 1. The highest BCUT2D eigenvalue weighted by Gasteiger charge is 2.01. The predicted octanol–water partition coefficient (Wildman–Crippen LogP) is 2.12. The summed E-state index contributed by atoms with van der Waals surface area (Å²) in [6.07, 6.45) is 3.40. The summed E-state index contributed by atoms with van der Waals surface area (Å²) < 4.78 is 12.8. The molecule has 0 bridgehead atoms. The number of rotatable bonds is 3. The maximum atomic E-state index is 12.8. The minimum Gasteiger partial charge on any atom is -0.397 e. The van der Waals surface area contributed by atoms with Crippen molar-refractivity contribution in [1.82, 2.24) is 9.97 Å². The molecule has 2 rings (SSSR count). The van der Waals surface area contributed by atoms with E-state index >= 15 is 0 Å². The van der Waals surface area contributed by atoms with Crippen LogP contribution in [0.1, 0.15) is 11.4 Å². The first-order valence-corrected chi connectivity index (χ1v) is 5.21. The number of anilines is 2. The molecule has 1 aromatic heterocycles. The number of nitrogen functional groups attached to an aromatic ring is 1. The number of halogens is 1. The maximum absolute atomic E-state index is 12.8. The van der Waals surface area contributed by atoms with Gasteiger partial charge in [0.05, 0.1) is 35.5 Å². The largest absolute Gasteiger partial charge is 0.397 e. The van der Waals surface area contributed by atoms with Gasteiger partial charge in [-0.3, -0.25) is 9.97 Å². The highest BCUT2D eigenvalue weighted by Crippen LogP contribution is 2.19. The first-order valence-electron chi connectivity index (χ1n) is 5.21. The van der Waals surface area contributed by atoms with Gasteiger partial charge >= 0.3 is 0 Å². The van der Waals surface area contributed by atoms with Gasteiger partial charge in [-0.15, -0.1) is 0 Å². The number of hydrogen-bond donors (Lipinski definition) is 2. The summed E-state index contributed by atoms with van der Waals surface area (Å²) in [7, 11) is 0. The van der Waals surface area contributed by atoms with Crippen LogP contribution in [0.5, 0.6) is 0 Å². The van der Waals surface area contributed by atoms with Crippen LogP contribution >= 0.6 is 0 Å². The zero-order valence-electron chi connectivity index (χ0n) is 9.44. The van der Waals surface area contributed by atoms with Crippen LogP contribution in [-0.4, -0.2) is 9.97 Å². The summed E-state index contributed by atoms with van der Waals surface area (Å²) in [4.78, 5) is 8.33. The lowest BCUT2D eigenvalue weighted by Gasteiger charge is -2.08. The first kappa shape index (κ1) is 11.3. The van der Waals surface area contributed by atoms with E-state index in [1.807, 2.05) is 6.92 Å². The third-order valence-corrected chi connectivity index (χ3v) is 2.31. The molecule has 0 amide bonds. The molecule has 0 aliphatic heterocycles. The molecule has 1 aromatic carbocycles. The van der Waals surface area contributed by atoms with E-state index in [4.69, 9.17) is 5.73 Å². The lowest BCUT2D eigenvalue weighted by Crippen LogP contribution is -2.04. The smallest absolute Gasteiger partial charge is 0.125 e. The van der Waals surface area contributed by atoms with Gasteiger partial charge < -0.3 is 11.1 Å². The number of aryl methyl sites for hydroxylation is 1. The summed E-state index contributed by atoms with van der Waals surface area (Å²) in [6, 6.07) is 4.24. The van der Waals surface area contributed by atoms with Crippen LogP contribution in [0.3, 0.4) is 0 Å². The number of nitrogens with zero attached hydrogens (tertiary/aromatic N) is 2. The molecule has 0 aliphatic rings.